The Kier molecular flexibility index (Phi) is 9.35. The molecule has 0 spiro atoms. The van der Waals surface area contributed by atoms with Crippen LogP contribution in [0, 0.1) is 39.5 Å². The summed E-state index contributed by atoms with van der Waals surface area (Å²) in [7, 11) is 0. The van der Waals surface area contributed by atoms with Crippen LogP contribution in [0.1, 0.15) is 105 Å². The molecule has 46 heavy (non-hydrogen) atoms. The quantitative estimate of drug-likeness (QED) is 0.125. The molecule has 1 saturated heterocycles. The summed E-state index contributed by atoms with van der Waals surface area (Å²) in [6.07, 6.45) is 5.95. The highest BCUT2D eigenvalue weighted by Crippen LogP contribution is 2.42. The van der Waals surface area contributed by atoms with Gasteiger partial charge in [-0.15, -0.1) is 0 Å². The average Bonchev–Trinajstić information content (AvgIpc) is 3.85. The molecule has 0 amide bonds. The second-order valence-electron chi connectivity index (χ2n) is 15.8. The zero-order valence-electron chi connectivity index (χ0n) is 30.1. The van der Waals surface area contributed by atoms with Crippen LogP contribution >= 0.6 is 0 Å². The number of nitrogens with zero attached hydrogens (tertiary/aromatic N) is 2. The first-order chi connectivity index (χ1) is 21.9. The van der Waals surface area contributed by atoms with Crippen molar-refractivity contribution in [2.45, 2.75) is 105 Å². The van der Waals surface area contributed by atoms with E-state index >= 15 is 0 Å². The van der Waals surface area contributed by atoms with Gasteiger partial charge in [-0.1, -0.05) is 76.2 Å². The Balaban J connectivity index is 1.23. The normalized spacial score (nSPS) is 18.2. The van der Waals surface area contributed by atoms with Gasteiger partial charge in [0.1, 0.15) is 6.73 Å². The van der Waals surface area contributed by atoms with Crippen molar-refractivity contribution >= 4 is 11.4 Å². The molecule has 3 fully saturated rings. The third-order valence-electron chi connectivity index (χ3n) is 11.0. The zero-order valence-corrected chi connectivity index (χ0v) is 30.1. The molecule has 0 N–H and O–H groups in total. The second-order valence-corrected chi connectivity index (χ2v) is 15.8. The van der Waals surface area contributed by atoms with Crippen molar-refractivity contribution in [1.29, 1.82) is 0 Å². The molecule has 1 atom stereocenters. The van der Waals surface area contributed by atoms with Crippen molar-refractivity contribution in [1.82, 2.24) is 0 Å². The predicted octanol–water partition coefficient (Wildman–Crippen LogP) is 9.40. The first kappa shape index (κ1) is 33.1. The Hall–Kier alpha value is -2.82. The van der Waals surface area contributed by atoms with Crippen LogP contribution in [-0.2, 0) is 20.3 Å². The van der Waals surface area contributed by atoms with Gasteiger partial charge in [0, 0.05) is 48.4 Å². The lowest BCUT2D eigenvalue weighted by Gasteiger charge is -2.33. The fraction of sp³-hybridized carbons (Fsp3) is 0.571. The first-order valence-electron chi connectivity index (χ1n) is 17.9. The van der Waals surface area contributed by atoms with Gasteiger partial charge < -0.3 is 19.3 Å². The van der Waals surface area contributed by atoms with E-state index < -0.39 is 0 Å². The van der Waals surface area contributed by atoms with Gasteiger partial charge in [-0.25, -0.2) is 0 Å². The van der Waals surface area contributed by atoms with E-state index in [2.05, 4.69) is 121 Å². The molecule has 3 aromatic rings. The number of hydrogen-bond donors (Lipinski definition) is 0. The summed E-state index contributed by atoms with van der Waals surface area (Å²) in [5.41, 5.74) is 13.5. The maximum Gasteiger partial charge on any atom is 0.119 e. The summed E-state index contributed by atoms with van der Waals surface area (Å²) < 4.78 is 11.4. The molecule has 3 aliphatic rings. The molecule has 1 heterocycles. The van der Waals surface area contributed by atoms with Crippen molar-refractivity contribution in [3.8, 4) is 0 Å². The molecule has 2 aliphatic carbocycles. The van der Waals surface area contributed by atoms with Crippen LogP contribution < -0.4 is 9.80 Å². The van der Waals surface area contributed by atoms with Crippen molar-refractivity contribution < 1.29 is 9.47 Å². The highest BCUT2D eigenvalue weighted by atomic mass is 16.6. The first-order valence-corrected chi connectivity index (χ1v) is 17.9. The van der Waals surface area contributed by atoms with Crippen molar-refractivity contribution in [3.63, 3.8) is 0 Å². The van der Waals surface area contributed by atoms with Gasteiger partial charge in [-0.3, -0.25) is 0 Å². The van der Waals surface area contributed by atoms with Crippen LogP contribution in [0.2, 0.25) is 0 Å². The molecule has 6 rings (SSSR count). The lowest BCUT2D eigenvalue weighted by molar-refractivity contribution is 0.145. The van der Waals surface area contributed by atoms with E-state index in [0.717, 1.165) is 25.0 Å². The zero-order chi connectivity index (χ0) is 32.8. The van der Waals surface area contributed by atoms with Crippen LogP contribution in [0.25, 0.3) is 0 Å². The number of anilines is 2. The molecule has 0 radical (unpaired) electrons. The number of ether oxygens (including phenoxy) is 2. The van der Waals surface area contributed by atoms with Crippen LogP contribution in [0.5, 0.6) is 0 Å². The van der Waals surface area contributed by atoms with Gasteiger partial charge in [0.05, 0.1) is 12.7 Å². The van der Waals surface area contributed by atoms with Crippen LogP contribution in [0.4, 0.5) is 11.4 Å². The molecule has 1 unspecified atom stereocenters. The van der Waals surface area contributed by atoms with Gasteiger partial charge >= 0.3 is 0 Å². The molecule has 0 aromatic heterocycles. The van der Waals surface area contributed by atoms with Gasteiger partial charge in [0.25, 0.3) is 0 Å². The highest BCUT2D eigenvalue weighted by Gasteiger charge is 2.33. The number of rotatable bonds is 15. The van der Waals surface area contributed by atoms with E-state index in [0.29, 0.717) is 19.4 Å². The molecule has 4 heteroatoms. The topological polar surface area (TPSA) is 28.2 Å². The molecule has 248 valence electrons. The van der Waals surface area contributed by atoms with Crippen molar-refractivity contribution in [3.05, 3.63) is 93.0 Å². The van der Waals surface area contributed by atoms with E-state index in [9.17, 15) is 0 Å². The summed E-state index contributed by atoms with van der Waals surface area (Å²) in [5, 5.41) is 0. The van der Waals surface area contributed by atoms with Crippen molar-refractivity contribution in [2.75, 3.05) is 49.4 Å². The van der Waals surface area contributed by atoms with E-state index in [4.69, 9.17) is 9.47 Å². The number of benzene rings is 3. The van der Waals surface area contributed by atoms with Gasteiger partial charge in [0.15, 0.2) is 0 Å². The Labute approximate surface area is 279 Å². The fourth-order valence-corrected chi connectivity index (χ4v) is 7.58. The van der Waals surface area contributed by atoms with Crippen molar-refractivity contribution in [2.24, 2.45) is 11.8 Å². The SMILES string of the molecule is CCOCN(CC1CO1)c1c(C)cc(C(C)(C)c2ccc(C(C)(C)c3cc(C)c(N(CC4CC4)CC4CC4)c(C)c3)cc2)cc1C. The summed E-state index contributed by atoms with van der Waals surface area (Å²) in [6, 6.07) is 19.2. The van der Waals surface area contributed by atoms with Crippen LogP contribution in [0.3, 0.4) is 0 Å². The maximum atomic E-state index is 5.86. The second kappa shape index (κ2) is 13.0. The third kappa shape index (κ3) is 7.19. The average molecular weight is 623 g/mol. The summed E-state index contributed by atoms with van der Waals surface area (Å²) in [4.78, 5) is 5.09. The molecule has 4 nitrogen and oxygen atoms in total. The molecule has 0 bridgehead atoms. The van der Waals surface area contributed by atoms with E-state index in [1.807, 2.05) is 0 Å². The molecule has 1 aliphatic heterocycles. The minimum absolute atomic E-state index is 0.0847. The Morgan fingerprint density at radius 3 is 1.37 bits per heavy atom. The summed E-state index contributed by atoms with van der Waals surface area (Å²) in [5.74, 6) is 1.81. The van der Waals surface area contributed by atoms with E-state index in [1.54, 1.807) is 0 Å². The Bertz CT molecular complexity index is 1470. The lowest BCUT2D eigenvalue weighted by atomic mass is 9.73. The summed E-state index contributed by atoms with van der Waals surface area (Å²) in [6.45, 7) is 26.2. The Morgan fingerprint density at radius 1 is 0.630 bits per heavy atom. The monoisotopic (exact) mass is 622 g/mol. The summed E-state index contributed by atoms with van der Waals surface area (Å²) >= 11 is 0. The minimum Gasteiger partial charge on any atom is -0.371 e. The fourth-order valence-electron chi connectivity index (χ4n) is 7.58. The lowest BCUT2D eigenvalue weighted by Crippen LogP contribution is -2.32. The highest BCUT2D eigenvalue weighted by molar-refractivity contribution is 5.63. The molecular weight excluding hydrogens is 564 g/mol. The molecule has 2 saturated carbocycles. The minimum atomic E-state index is -0.123. The standard InChI is InChI=1S/C42H58N2O2/c1-10-45-27-44(25-38-26-46-38)40-30(4)21-37(22-31(40)5)42(8,9)35-17-15-34(16-18-35)41(6,7)36-19-28(2)39(29(3)20-36)43(23-32-11-12-32)24-33-13-14-33/h15-22,32-33,38H,10-14,23-27H2,1-9H3. The Morgan fingerprint density at radius 2 is 1.02 bits per heavy atom. The number of hydrogen-bond acceptors (Lipinski definition) is 4. The van der Waals surface area contributed by atoms with E-state index in [1.165, 1.54) is 94.7 Å². The van der Waals surface area contributed by atoms with Crippen LogP contribution in [0.15, 0.2) is 48.5 Å². The number of aryl methyl sites for hydroxylation is 4. The van der Waals surface area contributed by atoms with Gasteiger partial charge in [0.2, 0.25) is 0 Å². The number of epoxide rings is 1. The smallest absolute Gasteiger partial charge is 0.119 e. The molecule has 3 aromatic carbocycles. The van der Waals surface area contributed by atoms with Gasteiger partial charge in [-0.05, 0) is 117 Å². The maximum absolute atomic E-state index is 5.86. The van der Waals surface area contributed by atoms with E-state index in [-0.39, 0.29) is 10.8 Å². The predicted molar refractivity (Wildman–Crippen MR) is 194 cm³/mol. The van der Waals surface area contributed by atoms with Gasteiger partial charge in [-0.2, -0.15) is 0 Å². The third-order valence-corrected chi connectivity index (χ3v) is 11.0. The molecular formula is C42H58N2O2. The largest absolute Gasteiger partial charge is 0.371 e. The van der Waals surface area contributed by atoms with Crippen LogP contribution in [-0.4, -0.2) is 45.7 Å².